The monoisotopic (exact) mass is 369 g/mol. The number of ether oxygens (including phenoxy) is 1. The van der Waals surface area contributed by atoms with Gasteiger partial charge in [-0.3, -0.25) is 9.59 Å². The quantitative estimate of drug-likeness (QED) is 0.473. The second-order valence-electron chi connectivity index (χ2n) is 6.66. The van der Waals surface area contributed by atoms with Crippen LogP contribution in [0.1, 0.15) is 37.8 Å². The lowest BCUT2D eigenvalue weighted by molar-refractivity contribution is -0.149. The Kier molecular flexibility index (Phi) is 7.42. The first-order chi connectivity index (χ1) is 13.0. The van der Waals surface area contributed by atoms with Gasteiger partial charge >= 0.3 is 5.97 Å². The minimum atomic E-state index is -0.431. The van der Waals surface area contributed by atoms with Gasteiger partial charge in [-0.05, 0) is 44.2 Å². The number of esters is 1. The fourth-order valence-corrected chi connectivity index (χ4v) is 3.28. The van der Waals surface area contributed by atoms with Crippen LogP contribution in [0, 0.1) is 24.2 Å². The molecule has 144 valence electrons. The topological polar surface area (TPSA) is 82.4 Å². The predicted octanol–water partition coefficient (Wildman–Crippen LogP) is 3.18. The Morgan fingerprint density at radius 2 is 2.19 bits per heavy atom. The summed E-state index contributed by atoms with van der Waals surface area (Å²) in [7, 11) is 0. The molecule has 1 aromatic carbocycles. The number of piperidine rings is 1. The van der Waals surface area contributed by atoms with E-state index in [1.807, 2.05) is 43.0 Å². The molecule has 0 bridgehead atoms. The molecule has 6 heteroatoms. The molecular weight excluding hydrogens is 342 g/mol. The number of nitriles is 1. The van der Waals surface area contributed by atoms with Crippen molar-refractivity contribution in [3.8, 4) is 6.07 Å². The summed E-state index contributed by atoms with van der Waals surface area (Å²) in [6.45, 7) is 7.26. The maximum absolute atomic E-state index is 12.6. The number of carbonyl (C=O) groups is 2. The number of benzene rings is 1. The summed E-state index contributed by atoms with van der Waals surface area (Å²) in [6, 6.07) is 7.83. The summed E-state index contributed by atoms with van der Waals surface area (Å²) in [5.74, 6) is -0.869. The summed E-state index contributed by atoms with van der Waals surface area (Å²) < 4.78 is 5.10. The van der Waals surface area contributed by atoms with Gasteiger partial charge in [0.25, 0.3) is 5.91 Å². The molecule has 27 heavy (non-hydrogen) atoms. The molecule has 1 fully saturated rings. The van der Waals surface area contributed by atoms with Crippen molar-refractivity contribution in [2.45, 2.75) is 40.0 Å². The number of rotatable bonds is 6. The molecule has 1 unspecified atom stereocenters. The molecule has 1 saturated heterocycles. The third-order valence-corrected chi connectivity index (χ3v) is 4.73. The number of likely N-dealkylation sites (tertiary alicyclic amines) is 1. The number of para-hydroxylation sites is 1. The smallest absolute Gasteiger partial charge is 0.310 e. The van der Waals surface area contributed by atoms with Gasteiger partial charge < -0.3 is 15.0 Å². The Morgan fingerprint density at radius 3 is 2.85 bits per heavy atom. The van der Waals surface area contributed by atoms with Crippen molar-refractivity contribution in [3.05, 3.63) is 41.1 Å². The second kappa shape index (κ2) is 9.77. The van der Waals surface area contributed by atoms with Crippen LogP contribution in [0.2, 0.25) is 0 Å². The van der Waals surface area contributed by atoms with Crippen LogP contribution in [0.15, 0.2) is 30.0 Å². The van der Waals surface area contributed by atoms with Crippen LogP contribution in [0.25, 0.3) is 0 Å². The van der Waals surface area contributed by atoms with Gasteiger partial charge in [-0.1, -0.05) is 25.1 Å². The molecule has 1 N–H and O–H groups in total. The largest absolute Gasteiger partial charge is 0.466 e. The van der Waals surface area contributed by atoms with E-state index in [0.717, 1.165) is 36.1 Å². The van der Waals surface area contributed by atoms with E-state index in [1.165, 1.54) is 0 Å². The van der Waals surface area contributed by atoms with Crippen LogP contribution < -0.4 is 5.32 Å². The zero-order valence-electron chi connectivity index (χ0n) is 16.2. The average molecular weight is 369 g/mol. The third-order valence-electron chi connectivity index (χ3n) is 4.73. The molecule has 1 aromatic rings. The Hall–Kier alpha value is -2.81. The molecule has 1 aliphatic rings. The Morgan fingerprint density at radius 1 is 1.41 bits per heavy atom. The van der Waals surface area contributed by atoms with Crippen molar-refractivity contribution in [2.24, 2.45) is 5.92 Å². The molecule has 2 rings (SSSR count). The van der Waals surface area contributed by atoms with Gasteiger partial charge in [0, 0.05) is 25.0 Å². The van der Waals surface area contributed by atoms with E-state index in [9.17, 15) is 14.9 Å². The van der Waals surface area contributed by atoms with Gasteiger partial charge in [0.05, 0.1) is 12.5 Å². The van der Waals surface area contributed by atoms with Gasteiger partial charge in [0.1, 0.15) is 11.6 Å². The standard InChI is InChI=1S/C21H27N3O3/c1-4-16-9-6-8-15(3)19(16)23-20(25)18(12-22)14-24-11-7-10-17(13-24)21(26)27-5-2/h6,8-9,14,17H,4-5,7,10-11,13H2,1-3H3,(H,23,25)/b18-14-. The number of hydrogen-bond donors (Lipinski definition) is 1. The molecular formula is C21H27N3O3. The van der Waals surface area contributed by atoms with Crippen LogP contribution in [-0.4, -0.2) is 36.5 Å². The lowest BCUT2D eigenvalue weighted by atomic mass is 9.98. The van der Waals surface area contributed by atoms with E-state index >= 15 is 0 Å². The molecule has 0 aliphatic carbocycles. The van der Waals surface area contributed by atoms with E-state index in [2.05, 4.69) is 5.32 Å². The Labute approximate surface area is 160 Å². The van der Waals surface area contributed by atoms with Crippen molar-refractivity contribution in [2.75, 3.05) is 25.0 Å². The van der Waals surface area contributed by atoms with E-state index in [4.69, 9.17) is 4.74 Å². The number of nitrogens with one attached hydrogen (secondary N) is 1. The number of anilines is 1. The predicted molar refractivity (Wildman–Crippen MR) is 104 cm³/mol. The second-order valence-corrected chi connectivity index (χ2v) is 6.66. The molecule has 0 saturated carbocycles. The first-order valence-corrected chi connectivity index (χ1v) is 9.42. The summed E-state index contributed by atoms with van der Waals surface area (Å²) in [5.41, 5.74) is 2.78. The highest BCUT2D eigenvalue weighted by molar-refractivity contribution is 6.07. The Balaban J connectivity index is 2.13. The van der Waals surface area contributed by atoms with Gasteiger partial charge in [-0.2, -0.15) is 5.26 Å². The van der Waals surface area contributed by atoms with E-state index < -0.39 is 5.91 Å². The fourth-order valence-electron chi connectivity index (χ4n) is 3.28. The number of aryl methyl sites for hydroxylation is 2. The van der Waals surface area contributed by atoms with Crippen molar-refractivity contribution in [1.82, 2.24) is 4.90 Å². The average Bonchev–Trinajstić information content (AvgIpc) is 2.68. The molecule has 1 heterocycles. The minimum absolute atomic E-state index is 0.0322. The zero-order valence-corrected chi connectivity index (χ0v) is 16.2. The number of hydrogen-bond acceptors (Lipinski definition) is 5. The number of amides is 1. The van der Waals surface area contributed by atoms with Crippen LogP contribution in [0.4, 0.5) is 5.69 Å². The first kappa shape index (κ1) is 20.5. The zero-order chi connectivity index (χ0) is 19.8. The highest BCUT2D eigenvalue weighted by atomic mass is 16.5. The Bertz CT molecular complexity index is 764. The van der Waals surface area contributed by atoms with Gasteiger partial charge in [-0.25, -0.2) is 0 Å². The maximum atomic E-state index is 12.6. The molecule has 1 aliphatic heterocycles. The number of nitrogens with zero attached hydrogens (tertiary/aromatic N) is 2. The van der Waals surface area contributed by atoms with Crippen LogP contribution >= 0.6 is 0 Å². The van der Waals surface area contributed by atoms with Crippen LogP contribution in [0.3, 0.4) is 0 Å². The van der Waals surface area contributed by atoms with E-state index in [1.54, 1.807) is 13.1 Å². The van der Waals surface area contributed by atoms with Crippen molar-refractivity contribution < 1.29 is 14.3 Å². The molecule has 0 radical (unpaired) electrons. The van der Waals surface area contributed by atoms with E-state index in [0.29, 0.717) is 19.7 Å². The summed E-state index contributed by atoms with van der Waals surface area (Å²) in [5, 5.41) is 12.3. The van der Waals surface area contributed by atoms with Crippen LogP contribution in [-0.2, 0) is 20.7 Å². The first-order valence-electron chi connectivity index (χ1n) is 9.42. The van der Waals surface area contributed by atoms with Crippen LogP contribution in [0.5, 0.6) is 0 Å². The summed E-state index contributed by atoms with van der Waals surface area (Å²) >= 11 is 0. The maximum Gasteiger partial charge on any atom is 0.310 e. The molecule has 0 aromatic heterocycles. The van der Waals surface area contributed by atoms with Gasteiger partial charge in [0.15, 0.2) is 0 Å². The highest BCUT2D eigenvalue weighted by Gasteiger charge is 2.26. The lowest BCUT2D eigenvalue weighted by Gasteiger charge is -2.30. The minimum Gasteiger partial charge on any atom is -0.466 e. The SMILES string of the molecule is CCOC(=O)C1CCCN(/C=C(/C#N)C(=O)Nc2c(C)cccc2CC)C1. The molecule has 0 spiro atoms. The van der Waals surface area contributed by atoms with Gasteiger partial charge in [0.2, 0.25) is 0 Å². The molecule has 1 amide bonds. The normalized spacial score (nSPS) is 17.2. The van der Waals surface area contributed by atoms with Crippen molar-refractivity contribution >= 4 is 17.6 Å². The molecule has 1 atom stereocenters. The fraction of sp³-hybridized carbons (Fsp3) is 0.476. The highest BCUT2D eigenvalue weighted by Crippen LogP contribution is 2.22. The lowest BCUT2D eigenvalue weighted by Crippen LogP contribution is -2.37. The van der Waals surface area contributed by atoms with Gasteiger partial charge in [-0.15, -0.1) is 0 Å². The van der Waals surface area contributed by atoms with Crippen molar-refractivity contribution in [3.63, 3.8) is 0 Å². The third kappa shape index (κ3) is 5.33. The van der Waals surface area contributed by atoms with E-state index in [-0.39, 0.29) is 17.5 Å². The summed E-state index contributed by atoms with van der Waals surface area (Å²) in [6.07, 6.45) is 3.93. The number of carbonyl (C=O) groups excluding carboxylic acids is 2. The van der Waals surface area contributed by atoms with Crippen molar-refractivity contribution in [1.29, 1.82) is 5.26 Å². The summed E-state index contributed by atoms with van der Waals surface area (Å²) in [4.78, 5) is 26.5. The molecule has 6 nitrogen and oxygen atoms in total.